The maximum atomic E-state index is 14.4. The molecule has 0 aliphatic heterocycles. The van der Waals surface area contributed by atoms with E-state index >= 15 is 0 Å². The number of ether oxygens (including phenoxy) is 1. The Morgan fingerprint density at radius 1 is 0.905 bits per heavy atom. The molecule has 0 aliphatic carbocycles. The number of benzene rings is 2. The highest BCUT2D eigenvalue weighted by molar-refractivity contribution is 5.99. The first-order chi connectivity index (χ1) is 19.8. The number of rotatable bonds is 14. The summed E-state index contributed by atoms with van der Waals surface area (Å²) in [5.74, 6) is -1.17. The predicted molar refractivity (Wildman–Crippen MR) is 168 cm³/mol. The number of para-hydroxylation sites is 2. The van der Waals surface area contributed by atoms with Crippen molar-refractivity contribution in [2.24, 2.45) is 5.92 Å². The standard InChI is InChI=1S/C34H51N3O5/c1-9-10-11-12-13-16-22-37(32(40)28(23(2)3)36-33(41)42-34(6,7)8)29(26-20-17-19-25(5)30(26)38)31(39)35-27-21-15-14-18-24(27)4/h14-15,17-21,23,28-29,38H,9-13,16,22H2,1-8H3,(H,35,39)(H,36,41). The minimum absolute atomic E-state index is 0.0376. The molecule has 232 valence electrons. The number of amides is 3. The Labute approximate surface area is 252 Å². The fourth-order valence-corrected chi connectivity index (χ4v) is 4.82. The summed E-state index contributed by atoms with van der Waals surface area (Å²) >= 11 is 0. The van der Waals surface area contributed by atoms with Gasteiger partial charge in [0.25, 0.3) is 5.91 Å². The van der Waals surface area contributed by atoms with E-state index in [9.17, 15) is 19.5 Å². The van der Waals surface area contributed by atoms with Crippen molar-refractivity contribution in [3.63, 3.8) is 0 Å². The molecule has 0 radical (unpaired) electrons. The van der Waals surface area contributed by atoms with Gasteiger partial charge in [0.15, 0.2) is 0 Å². The third kappa shape index (κ3) is 10.4. The monoisotopic (exact) mass is 581 g/mol. The van der Waals surface area contributed by atoms with Crippen molar-refractivity contribution in [1.82, 2.24) is 10.2 Å². The van der Waals surface area contributed by atoms with Crippen molar-refractivity contribution >= 4 is 23.6 Å². The normalized spacial score (nSPS) is 12.9. The van der Waals surface area contributed by atoms with E-state index in [4.69, 9.17) is 4.74 Å². The summed E-state index contributed by atoms with van der Waals surface area (Å²) in [4.78, 5) is 42.8. The number of aryl methyl sites for hydroxylation is 2. The van der Waals surface area contributed by atoms with Crippen LogP contribution in [0, 0.1) is 19.8 Å². The van der Waals surface area contributed by atoms with Gasteiger partial charge in [0, 0.05) is 17.8 Å². The lowest BCUT2D eigenvalue weighted by atomic mass is 9.96. The van der Waals surface area contributed by atoms with Crippen molar-refractivity contribution in [2.75, 3.05) is 11.9 Å². The number of phenolic OH excluding ortho intramolecular Hbond substituents is 1. The minimum atomic E-state index is -1.13. The largest absolute Gasteiger partial charge is 0.507 e. The highest BCUT2D eigenvalue weighted by Gasteiger charge is 2.38. The lowest BCUT2D eigenvalue weighted by molar-refractivity contribution is -0.141. The molecule has 0 fully saturated rings. The Bertz CT molecular complexity index is 1190. The van der Waals surface area contributed by atoms with E-state index in [1.807, 2.05) is 39.0 Å². The fourth-order valence-electron chi connectivity index (χ4n) is 4.82. The summed E-state index contributed by atoms with van der Waals surface area (Å²) in [6.07, 6.45) is 5.27. The molecule has 2 unspecified atom stereocenters. The third-order valence-corrected chi connectivity index (χ3v) is 7.17. The van der Waals surface area contributed by atoms with Crippen LogP contribution >= 0.6 is 0 Å². The molecule has 2 rings (SSSR count). The average Bonchev–Trinajstić information content (AvgIpc) is 2.90. The van der Waals surface area contributed by atoms with Crippen LogP contribution in [0.4, 0.5) is 10.5 Å². The van der Waals surface area contributed by atoms with Crippen molar-refractivity contribution in [3.05, 3.63) is 59.2 Å². The molecular formula is C34H51N3O5. The van der Waals surface area contributed by atoms with Gasteiger partial charge >= 0.3 is 6.09 Å². The van der Waals surface area contributed by atoms with Crippen LogP contribution in [-0.2, 0) is 14.3 Å². The van der Waals surface area contributed by atoms with Crippen molar-refractivity contribution in [2.45, 2.75) is 112 Å². The van der Waals surface area contributed by atoms with Gasteiger partial charge in [0.05, 0.1) is 0 Å². The van der Waals surface area contributed by atoms with Crippen LogP contribution in [0.1, 0.15) is 103 Å². The van der Waals surface area contributed by atoms with E-state index in [0.29, 0.717) is 23.2 Å². The summed E-state index contributed by atoms with van der Waals surface area (Å²) in [6.45, 7) is 15.1. The molecule has 0 saturated carbocycles. The van der Waals surface area contributed by atoms with E-state index in [2.05, 4.69) is 17.6 Å². The van der Waals surface area contributed by atoms with Gasteiger partial charge in [-0.3, -0.25) is 9.59 Å². The highest BCUT2D eigenvalue weighted by atomic mass is 16.6. The molecule has 0 bridgehead atoms. The van der Waals surface area contributed by atoms with Crippen LogP contribution in [0.2, 0.25) is 0 Å². The smallest absolute Gasteiger partial charge is 0.408 e. The lowest BCUT2D eigenvalue weighted by Crippen LogP contribution is -2.54. The van der Waals surface area contributed by atoms with Crippen molar-refractivity contribution in [3.8, 4) is 5.75 Å². The van der Waals surface area contributed by atoms with E-state index in [1.54, 1.807) is 52.0 Å². The average molecular weight is 582 g/mol. The zero-order chi connectivity index (χ0) is 31.4. The Morgan fingerprint density at radius 3 is 2.14 bits per heavy atom. The summed E-state index contributed by atoms with van der Waals surface area (Å²) < 4.78 is 5.46. The molecule has 2 aromatic carbocycles. The molecule has 2 atom stereocenters. The van der Waals surface area contributed by atoms with Gasteiger partial charge in [0.2, 0.25) is 5.91 Å². The Morgan fingerprint density at radius 2 is 1.52 bits per heavy atom. The number of carbonyl (C=O) groups excluding carboxylic acids is 3. The number of aromatic hydroxyl groups is 1. The molecular weight excluding hydrogens is 530 g/mol. The van der Waals surface area contributed by atoms with Crippen LogP contribution in [0.25, 0.3) is 0 Å². The number of unbranched alkanes of at least 4 members (excludes halogenated alkanes) is 5. The number of hydrogen-bond acceptors (Lipinski definition) is 5. The van der Waals surface area contributed by atoms with E-state index in [0.717, 1.165) is 37.7 Å². The minimum Gasteiger partial charge on any atom is -0.507 e. The van der Waals surface area contributed by atoms with Gasteiger partial charge in [-0.1, -0.05) is 89.3 Å². The Balaban J connectivity index is 2.56. The van der Waals surface area contributed by atoms with Gasteiger partial charge in [-0.05, 0) is 64.2 Å². The molecule has 0 heterocycles. The molecule has 0 spiro atoms. The van der Waals surface area contributed by atoms with E-state index in [1.165, 1.54) is 4.90 Å². The van der Waals surface area contributed by atoms with Gasteiger partial charge < -0.3 is 25.4 Å². The molecule has 42 heavy (non-hydrogen) atoms. The summed E-state index contributed by atoms with van der Waals surface area (Å²) in [7, 11) is 0. The summed E-state index contributed by atoms with van der Waals surface area (Å²) in [6, 6.07) is 10.6. The topological polar surface area (TPSA) is 108 Å². The first kappa shape index (κ1) is 34.7. The zero-order valence-corrected chi connectivity index (χ0v) is 26.8. The number of nitrogens with one attached hydrogen (secondary N) is 2. The number of alkyl carbamates (subject to hydrolysis) is 1. The molecule has 0 saturated heterocycles. The van der Waals surface area contributed by atoms with Crippen molar-refractivity contribution in [1.29, 1.82) is 0 Å². The molecule has 2 aromatic rings. The van der Waals surface area contributed by atoms with Gasteiger partial charge in [-0.15, -0.1) is 0 Å². The molecule has 8 heteroatoms. The van der Waals surface area contributed by atoms with Crippen molar-refractivity contribution < 1.29 is 24.2 Å². The number of carbonyl (C=O) groups is 3. The maximum Gasteiger partial charge on any atom is 0.408 e. The number of anilines is 1. The second kappa shape index (κ2) is 16.2. The second-order valence-electron chi connectivity index (χ2n) is 12.4. The predicted octanol–water partition coefficient (Wildman–Crippen LogP) is 7.43. The molecule has 3 N–H and O–H groups in total. The SMILES string of the molecule is CCCCCCCCN(C(=O)C(NC(=O)OC(C)(C)C)C(C)C)C(C(=O)Nc1ccccc1C)c1cccc(C)c1O. The van der Waals surface area contributed by atoms with E-state index < -0.39 is 35.6 Å². The number of hydrogen-bond donors (Lipinski definition) is 3. The van der Waals surface area contributed by atoms with E-state index in [-0.39, 0.29) is 18.2 Å². The Kier molecular flexibility index (Phi) is 13.4. The quantitative estimate of drug-likeness (QED) is 0.201. The zero-order valence-electron chi connectivity index (χ0n) is 26.8. The second-order valence-corrected chi connectivity index (χ2v) is 12.4. The number of phenols is 1. The summed E-state index contributed by atoms with van der Waals surface area (Å²) in [5.41, 5.74) is 1.69. The third-order valence-electron chi connectivity index (χ3n) is 7.17. The van der Waals surface area contributed by atoms with Gasteiger partial charge in [-0.25, -0.2) is 4.79 Å². The lowest BCUT2D eigenvalue weighted by Gasteiger charge is -2.36. The highest BCUT2D eigenvalue weighted by Crippen LogP contribution is 2.34. The molecule has 3 amide bonds. The first-order valence-corrected chi connectivity index (χ1v) is 15.2. The van der Waals surface area contributed by atoms with Gasteiger partial charge in [-0.2, -0.15) is 0 Å². The van der Waals surface area contributed by atoms with Crippen LogP contribution in [0.3, 0.4) is 0 Å². The fraction of sp³-hybridized carbons (Fsp3) is 0.559. The maximum absolute atomic E-state index is 14.4. The van der Waals surface area contributed by atoms with Gasteiger partial charge in [0.1, 0.15) is 23.4 Å². The Hall–Kier alpha value is -3.55. The van der Waals surface area contributed by atoms with Crippen LogP contribution in [0.5, 0.6) is 5.75 Å². The summed E-state index contributed by atoms with van der Waals surface area (Å²) in [5, 5.41) is 16.9. The molecule has 0 aliphatic rings. The first-order valence-electron chi connectivity index (χ1n) is 15.2. The molecule has 8 nitrogen and oxygen atoms in total. The number of nitrogens with zero attached hydrogens (tertiary/aromatic N) is 1. The van der Waals surface area contributed by atoms with Crippen LogP contribution in [-0.4, -0.2) is 46.1 Å². The van der Waals surface area contributed by atoms with Crippen LogP contribution < -0.4 is 10.6 Å². The van der Waals surface area contributed by atoms with Crippen LogP contribution in [0.15, 0.2) is 42.5 Å². The molecule has 0 aromatic heterocycles.